The largest absolute Gasteiger partial charge is 0.471 e. The van der Waals surface area contributed by atoms with Gasteiger partial charge >= 0.3 is 6.18 Å². The predicted molar refractivity (Wildman–Crippen MR) is 87.4 cm³/mol. The molecule has 2 heterocycles. The molecule has 1 aliphatic heterocycles. The first-order valence-electron chi connectivity index (χ1n) is 7.91. The number of hydrogen-bond donors (Lipinski definition) is 0. The molecule has 0 unspecified atom stereocenters. The molecule has 27 heavy (non-hydrogen) atoms. The van der Waals surface area contributed by atoms with Crippen LogP contribution in [0.2, 0.25) is 0 Å². The van der Waals surface area contributed by atoms with E-state index in [-0.39, 0.29) is 35.8 Å². The van der Waals surface area contributed by atoms with Gasteiger partial charge in [-0.15, -0.1) is 0 Å². The highest BCUT2D eigenvalue weighted by molar-refractivity contribution is 5.97. The van der Waals surface area contributed by atoms with Crippen molar-refractivity contribution in [1.82, 2.24) is 9.88 Å². The molecule has 2 aromatic rings. The second-order valence-corrected chi connectivity index (χ2v) is 6.02. The molecule has 0 aliphatic carbocycles. The number of carbonyl (C=O) groups is 1. The Morgan fingerprint density at radius 2 is 1.93 bits per heavy atom. The predicted octanol–water partition coefficient (Wildman–Crippen LogP) is 3.22. The molecule has 0 radical (unpaired) electrons. The lowest BCUT2D eigenvalue weighted by atomic mass is 10.0. The highest BCUT2D eigenvalue weighted by Gasteiger charge is 2.36. The molecule has 1 saturated heterocycles. The number of benzene rings is 1. The summed E-state index contributed by atoms with van der Waals surface area (Å²) >= 11 is 0. The molecule has 1 fully saturated rings. The van der Waals surface area contributed by atoms with Crippen LogP contribution in [0.3, 0.4) is 0 Å². The minimum atomic E-state index is -4.57. The van der Waals surface area contributed by atoms with Gasteiger partial charge in [0.15, 0.2) is 0 Å². The van der Waals surface area contributed by atoms with Gasteiger partial charge in [0.1, 0.15) is 11.8 Å². The Labute approximate surface area is 151 Å². The van der Waals surface area contributed by atoms with Gasteiger partial charge in [-0.1, -0.05) is 12.1 Å². The first-order valence-corrected chi connectivity index (χ1v) is 7.91. The number of ether oxygens (including phenoxy) is 1. The van der Waals surface area contributed by atoms with E-state index in [0.29, 0.717) is 0 Å². The van der Waals surface area contributed by atoms with Crippen molar-refractivity contribution in [2.24, 2.45) is 0 Å². The average Bonchev–Trinajstić information content (AvgIpc) is 2.56. The number of nitro benzene ring substituents is 1. The minimum Gasteiger partial charge on any atom is -0.471 e. The lowest BCUT2D eigenvalue weighted by molar-refractivity contribution is -0.385. The SMILES string of the molecule is Cc1c(C(=O)N2CC(Oc3cccc(C(F)(F)F)n3)C2)cccc1[N+](=O)[O-]. The summed E-state index contributed by atoms with van der Waals surface area (Å²) in [4.78, 5) is 27.7. The molecule has 3 rings (SSSR count). The highest BCUT2D eigenvalue weighted by Crippen LogP contribution is 2.29. The van der Waals surface area contributed by atoms with Crippen LogP contribution >= 0.6 is 0 Å². The zero-order valence-electron chi connectivity index (χ0n) is 14.1. The van der Waals surface area contributed by atoms with Crippen molar-refractivity contribution < 1.29 is 27.6 Å². The summed E-state index contributed by atoms with van der Waals surface area (Å²) in [6.45, 7) is 1.80. The van der Waals surface area contributed by atoms with E-state index in [2.05, 4.69) is 4.98 Å². The Kier molecular flexibility index (Phi) is 4.73. The van der Waals surface area contributed by atoms with Crippen molar-refractivity contribution in [2.75, 3.05) is 13.1 Å². The molecule has 7 nitrogen and oxygen atoms in total. The van der Waals surface area contributed by atoms with Crippen molar-refractivity contribution in [1.29, 1.82) is 0 Å². The van der Waals surface area contributed by atoms with E-state index in [1.807, 2.05) is 0 Å². The third-order valence-electron chi connectivity index (χ3n) is 4.17. The number of hydrogen-bond acceptors (Lipinski definition) is 5. The Hall–Kier alpha value is -3.17. The Morgan fingerprint density at radius 1 is 1.26 bits per heavy atom. The third kappa shape index (κ3) is 3.83. The van der Waals surface area contributed by atoms with Crippen molar-refractivity contribution in [2.45, 2.75) is 19.2 Å². The maximum absolute atomic E-state index is 12.7. The van der Waals surface area contributed by atoms with E-state index in [1.54, 1.807) is 0 Å². The second-order valence-electron chi connectivity index (χ2n) is 6.02. The smallest absolute Gasteiger partial charge is 0.433 e. The quantitative estimate of drug-likeness (QED) is 0.600. The molecular formula is C17H14F3N3O4. The fourth-order valence-electron chi connectivity index (χ4n) is 2.71. The van der Waals surface area contributed by atoms with Crippen molar-refractivity contribution >= 4 is 11.6 Å². The van der Waals surface area contributed by atoms with Crippen LogP contribution in [-0.4, -0.2) is 39.9 Å². The lowest BCUT2D eigenvalue weighted by Crippen LogP contribution is -2.56. The van der Waals surface area contributed by atoms with Crippen LogP contribution in [0.15, 0.2) is 36.4 Å². The Balaban J connectivity index is 1.64. The number of likely N-dealkylation sites (tertiary alicyclic amines) is 1. The standard InChI is InChI=1S/C17H14F3N3O4/c1-10-12(4-2-5-13(10)23(25)26)16(24)22-8-11(9-22)27-15-7-3-6-14(21-15)17(18,19)20/h2-7,11H,8-9H2,1H3. The summed E-state index contributed by atoms with van der Waals surface area (Å²) in [5.74, 6) is -0.568. The van der Waals surface area contributed by atoms with Crippen molar-refractivity contribution in [3.8, 4) is 5.88 Å². The summed E-state index contributed by atoms with van der Waals surface area (Å²) in [6.07, 6.45) is -5.07. The van der Waals surface area contributed by atoms with Gasteiger partial charge in [-0.25, -0.2) is 4.98 Å². The van der Waals surface area contributed by atoms with Gasteiger partial charge in [-0.2, -0.15) is 13.2 Å². The zero-order chi connectivity index (χ0) is 19.8. The van der Waals surface area contributed by atoms with Gasteiger partial charge in [0.25, 0.3) is 11.6 Å². The normalized spacial score (nSPS) is 14.6. The van der Waals surface area contributed by atoms with Crippen LogP contribution in [0.4, 0.5) is 18.9 Å². The molecule has 10 heteroatoms. The van der Waals surface area contributed by atoms with E-state index in [1.165, 1.54) is 42.2 Å². The second kappa shape index (κ2) is 6.86. The molecule has 1 aromatic heterocycles. The summed E-state index contributed by atoms with van der Waals surface area (Å²) < 4.78 is 43.4. The fraction of sp³-hybridized carbons (Fsp3) is 0.294. The molecule has 1 amide bonds. The van der Waals surface area contributed by atoms with Gasteiger partial charge < -0.3 is 9.64 Å². The molecule has 0 saturated carbocycles. The maximum Gasteiger partial charge on any atom is 0.433 e. The molecule has 0 N–H and O–H groups in total. The van der Waals surface area contributed by atoms with Crippen LogP contribution in [0.5, 0.6) is 5.88 Å². The Bertz CT molecular complexity index is 895. The van der Waals surface area contributed by atoms with E-state index < -0.39 is 28.8 Å². The highest BCUT2D eigenvalue weighted by atomic mass is 19.4. The van der Waals surface area contributed by atoms with Crippen molar-refractivity contribution in [3.05, 3.63) is 63.3 Å². The number of amides is 1. The first kappa shape index (κ1) is 18.6. The number of pyridine rings is 1. The van der Waals surface area contributed by atoms with E-state index in [4.69, 9.17) is 4.74 Å². The number of alkyl halides is 3. The lowest BCUT2D eigenvalue weighted by Gasteiger charge is -2.38. The molecule has 0 spiro atoms. The van der Waals surface area contributed by atoms with Crippen LogP contribution in [0.1, 0.15) is 21.6 Å². The van der Waals surface area contributed by atoms with Gasteiger partial charge in [0, 0.05) is 23.3 Å². The number of halogens is 3. The average molecular weight is 381 g/mol. The van der Waals surface area contributed by atoms with Crippen LogP contribution < -0.4 is 4.74 Å². The summed E-state index contributed by atoms with van der Waals surface area (Å²) in [6, 6.07) is 7.58. The third-order valence-corrected chi connectivity index (χ3v) is 4.17. The number of nitrogens with zero attached hydrogens (tertiary/aromatic N) is 3. The molecule has 0 bridgehead atoms. The number of carbonyl (C=O) groups excluding carboxylic acids is 1. The van der Waals surface area contributed by atoms with Crippen LogP contribution in [-0.2, 0) is 6.18 Å². The van der Waals surface area contributed by atoms with Crippen LogP contribution in [0.25, 0.3) is 0 Å². The number of rotatable bonds is 4. The van der Waals surface area contributed by atoms with Crippen molar-refractivity contribution in [3.63, 3.8) is 0 Å². The zero-order valence-corrected chi connectivity index (χ0v) is 14.1. The fourth-order valence-corrected chi connectivity index (χ4v) is 2.71. The van der Waals surface area contributed by atoms with E-state index >= 15 is 0 Å². The topological polar surface area (TPSA) is 85.6 Å². The van der Waals surface area contributed by atoms with Gasteiger partial charge in [0.05, 0.1) is 18.0 Å². The minimum absolute atomic E-state index is 0.151. The number of aromatic nitrogens is 1. The maximum atomic E-state index is 12.7. The molecule has 1 aromatic carbocycles. The molecule has 0 atom stereocenters. The van der Waals surface area contributed by atoms with Crippen LogP contribution in [0, 0.1) is 17.0 Å². The van der Waals surface area contributed by atoms with Gasteiger partial charge in [-0.05, 0) is 19.1 Å². The summed E-state index contributed by atoms with van der Waals surface area (Å²) in [5.41, 5.74) is -0.738. The molecular weight excluding hydrogens is 367 g/mol. The number of nitro groups is 1. The summed E-state index contributed by atoms with van der Waals surface area (Å²) in [5, 5.41) is 11.0. The summed E-state index contributed by atoms with van der Waals surface area (Å²) in [7, 11) is 0. The first-order chi connectivity index (χ1) is 12.7. The van der Waals surface area contributed by atoms with Gasteiger partial charge in [0.2, 0.25) is 5.88 Å². The Morgan fingerprint density at radius 3 is 2.56 bits per heavy atom. The van der Waals surface area contributed by atoms with Gasteiger partial charge in [-0.3, -0.25) is 14.9 Å². The molecule has 1 aliphatic rings. The van der Waals surface area contributed by atoms with E-state index in [0.717, 1.165) is 6.07 Å². The monoisotopic (exact) mass is 381 g/mol. The van der Waals surface area contributed by atoms with E-state index in [9.17, 15) is 28.1 Å². The molecule has 142 valence electrons.